The van der Waals surface area contributed by atoms with Crippen molar-refractivity contribution in [2.45, 2.75) is 17.5 Å². The van der Waals surface area contributed by atoms with E-state index in [2.05, 4.69) is 35.8 Å². The van der Waals surface area contributed by atoms with Gasteiger partial charge in [-0.25, -0.2) is 0 Å². The van der Waals surface area contributed by atoms with Crippen LogP contribution in [0.1, 0.15) is 17.4 Å². The van der Waals surface area contributed by atoms with Crippen LogP contribution in [0, 0.1) is 0 Å². The number of nitrogens with one attached hydrogen (secondary N) is 1. The number of hydrogen-bond donors (Lipinski definition) is 2. The van der Waals surface area contributed by atoms with Gasteiger partial charge in [0.2, 0.25) is 0 Å². The van der Waals surface area contributed by atoms with Crippen LogP contribution in [0.25, 0.3) is 0 Å². The van der Waals surface area contributed by atoms with Gasteiger partial charge in [-0.2, -0.15) is 0 Å². The maximum Gasteiger partial charge on any atom is 0.133 e. The van der Waals surface area contributed by atoms with Gasteiger partial charge in [-0.15, -0.1) is 11.8 Å². The van der Waals surface area contributed by atoms with E-state index < -0.39 is 6.10 Å². The second kappa shape index (κ2) is 6.64. The summed E-state index contributed by atoms with van der Waals surface area (Å²) in [6, 6.07) is 11.9. The molecular formula is C14H17NO2S. The van der Waals surface area contributed by atoms with Crippen molar-refractivity contribution < 1.29 is 9.52 Å². The summed E-state index contributed by atoms with van der Waals surface area (Å²) in [5.74, 6) is 0.597. The summed E-state index contributed by atoms with van der Waals surface area (Å²) in [5, 5.41) is 13.0. The summed E-state index contributed by atoms with van der Waals surface area (Å²) in [4.78, 5) is 1.26. The molecule has 1 aromatic carbocycles. The second-order valence-electron chi connectivity index (χ2n) is 4.01. The highest BCUT2D eigenvalue weighted by Gasteiger charge is 2.09. The highest BCUT2D eigenvalue weighted by atomic mass is 32.2. The lowest BCUT2D eigenvalue weighted by Gasteiger charge is -2.09. The van der Waals surface area contributed by atoms with E-state index in [1.165, 1.54) is 10.5 Å². The molecule has 2 rings (SSSR count). The first-order chi connectivity index (χ1) is 8.79. The van der Waals surface area contributed by atoms with E-state index in [-0.39, 0.29) is 0 Å². The Morgan fingerprint density at radius 2 is 2.06 bits per heavy atom. The van der Waals surface area contributed by atoms with E-state index >= 15 is 0 Å². The molecule has 2 N–H and O–H groups in total. The summed E-state index contributed by atoms with van der Waals surface area (Å²) in [5.41, 5.74) is 1.21. The van der Waals surface area contributed by atoms with Gasteiger partial charge >= 0.3 is 0 Å². The third-order valence-electron chi connectivity index (χ3n) is 2.70. The summed E-state index contributed by atoms with van der Waals surface area (Å²) in [7, 11) is 0. The largest absolute Gasteiger partial charge is 0.467 e. The van der Waals surface area contributed by atoms with Gasteiger partial charge in [0.15, 0.2) is 0 Å². The maximum absolute atomic E-state index is 9.81. The number of thioether (sulfide) groups is 1. The van der Waals surface area contributed by atoms with Crippen LogP contribution in [0.5, 0.6) is 0 Å². The van der Waals surface area contributed by atoms with Crippen LogP contribution in [0.2, 0.25) is 0 Å². The molecule has 0 spiro atoms. The number of benzene rings is 1. The van der Waals surface area contributed by atoms with Gasteiger partial charge in [0.05, 0.1) is 6.26 Å². The Hall–Kier alpha value is -1.23. The lowest BCUT2D eigenvalue weighted by atomic mass is 10.2. The Morgan fingerprint density at radius 1 is 1.28 bits per heavy atom. The fraction of sp³-hybridized carbons (Fsp3) is 0.286. The van der Waals surface area contributed by atoms with Crippen LogP contribution in [-0.4, -0.2) is 17.9 Å². The van der Waals surface area contributed by atoms with E-state index in [1.807, 2.05) is 0 Å². The lowest BCUT2D eigenvalue weighted by molar-refractivity contribution is 0.147. The molecule has 1 aromatic heterocycles. The average Bonchev–Trinajstić information content (AvgIpc) is 2.93. The fourth-order valence-electron chi connectivity index (χ4n) is 1.68. The predicted molar refractivity (Wildman–Crippen MR) is 73.6 cm³/mol. The van der Waals surface area contributed by atoms with Gasteiger partial charge in [-0.05, 0) is 36.1 Å². The molecule has 18 heavy (non-hydrogen) atoms. The molecule has 0 fully saturated rings. The Kier molecular flexibility index (Phi) is 4.87. The molecule has 0 radical (unpaired) electrons. The molecule has 0 aliphatic heterocycles. The van der Waals surface area contributed by atoms with E-state index in [4.69, 9.17) is 4.42 Å². The minimum atomic E-state index is -0.592. The van der Waals surface area contributed by atoms with Crippen molar-refractivity contribution in [3.8, 4) is 0 Å². The minimum Gasteiger partial charge on any atom is -0.467 e. The van der Waals surface area contributed by atoms with Crippen LogP contribution >= 0.6 is 11.8 Å². The number of aliphatic hydroxyl groups excluding tert-OH is 1. The van der Waals surface area contributed by atoms with Crippen molar-refractivity contribution in [3.05, 3.63) is 54.0 Å². The normalized spacial score (nSPS) is 12.6. The first-order valence-electron chi connectivity index (χ1n) is 5.84. The predicted octanol–water partition coefficient (Wildman–Crippen LogP) is 2.82. The zero-order valence-electron chi connectivity index (χ0n) is 10.3. The third-order valence-corrected chi connectivity index (χ3v) is 3.44. The Bertz CT molecular complexity index is 453. The molecular weight excluding hydrogens is 246 g/mol. The monoisotopic (exact) mass is 263 g/mol. The molecule has 2 aromatic rings. The van der Waals surface area contributed by atoms with Crippen molar-refractivity contribution in [3.63, 3.8) is 0 Å². The molecule has 0 aliphatic carbocycles. The zero-order chi connectivity index (χ0) is 12.8. The molecule has 1 atom stereocenters. The Labute approximate surface area is 111 Å². The summed E-state index contributed by atoms with van der Waals surface area (Å²) in [6.45, 7) is 1.23. The molecule has 4 heteroatoms. The van der Waals surface area contributed by atoms with Crippen molar-refractivity contribution in [1.29, 1.82) is 0 Å². The molecule has 0 saturated heterocycles. The zero-order valence-corrected chi connectivity index (χ0v) is 11.1. The van der Waals surface area contributed by atoms with Crippen LogP contribution < -0.4 is 5.32 Å². The van der Waals surface area contributed by atoms with Crippen molar-refractivity contribution >= 4 is 11.8 Å². The molecule has 96 valence electrons. The Morgan fingerprint density at radius 3 is 2.67 bits per heavy atom. The number of hydrogen-bond acceptors (Lipinski definition) is 4. The highest BCUT2D eigenvalue weighted by molar-refractivity contribution is 7.98. The van der Waals surface area contributed by atoms with Crippen LogP contribution in [0.3, 0.4) is 0 Å². The summed E-state index contributed by atoms with van der Waals surface area (Å²) in [6.07, 6.45) is 3.04. The van der Waals surface area contributed by atoms with Gasteiger partial charge in [-0.3, -0.25) is 0 Å². The summed E-state index contributed by atoms with van der Waals surface area (Å²) >= 11 is 1.73. The smallest absolute Gasteiger partial charge is 0.133 e. The number of rotatable bonds is 6. The Balaban J connectivity index is 1.77. The van der Waals surface area contributed by atoms with Crippen LogP contribution in [-0.2, 0) is 6.54 Å². The third kappa shape index (κ3) is 3.63. The van der Waals surface area contributed by atoms with Gasteiger partial charge in [0.25, 0.3) is 0 Å². The molecule has 0 aliphatic rings. The fourth-order valence-corrected chi connectivity index (χ4v) is 2.09. The molecule has 0 amide bonds. The molecule has 0 saturated carbocycles. The van der Waals surface area contributed by atoms with Crippen molar-refractivity contribution in [2.24, 2.45) is 0 Å². The average molecular weight is 263 g/mol. The van der Waals surface area contributed by atoms with Crippen LogP contribution in [0.15, 0.2) is 52.0 Å². The SMILES string of the molecule is CSc1ccc(CNCC(O)c2ccco2)cc1. The molecule has 1 heterocycles. The second-order valence-corrected chi connectivity index (χ2v) is 4.89. The topological polar surface area (TPSA) is 45.4 Å². The van der Waals surface area contributed by atoms with E-state index in [1.54, 1.807) is 30.2 Å². The first-order valence-corrected chi connectivity index (χ1v) is 7.07. The van der Waals surface area contributed by atoms with E-state index in [0.29, 0.717) is 12.3 Å². The number of furan rings is 1. The van der Waals surface area contributed by atoms with Gasteiger partial charge in [-0.1, -0.05) is 12.1 Å². The number of aliphatic hydroxyl groups is 1. The molecule has 0 bridgehead atoms. The van der Waals surface area contributed by atoms with Gasteiger partial charge < -0.3 is 14.8 Å². The lowest BCUT2D eigenvalue weighted by Crippen LogP contribution is -2.20. The molecule has 1 unspecified atom stereocenters. The van der Waals surface area contributed by atoms with E-state index in [0.717, 1.165) is 6.54 Å². The molecule has 3 nitrogen and oxygen atoms in total. The van der Waals surface area contributed by atoms with Crippen molar-refractivity contribution in [2.75, 3.05) is 12.8 Å². The summed E-state index contributed by atoms with van der Waals surface area (Å²) < 4.78 is 5.14. The van der Waals surface area contributed by atoms with Gasteiger partial charge in [0.1, 0.15) is 11.9 Å². The standard InChI is InChI=1S/C14H17NO2S/c1-18-12-6-4-11(5-7-12)9-15-10-13(16)14-3-2-8-17-14/h2-8,13,15-16H,9-10H2,1H3. The van der Waals surface area contributed by atoms with Crippen molar-refractivity contribution in [1.82, 2.24) is 5.32 Å². The minimum absolute atomic E-state index is 0.484. The van der Waals surface area contributed by atoms with E-state index in [9.17, 15) is 5.11 Å². The first kappa shape index (κ1) is 13.2. The van der Waals surface area contributed by atoms with Crippen LogP contribution in [0.4, 0.5) is 0 Å². The van der Waals surface area contributed by atoms with Gasteiger partial charge in [0, 0.05) is 18.0 Å². The highest BCUT2D eigenvalue weighted by Crippen LogP contribution is 2.15. The quantitative estimate of drug-likeness (QED) is 0.787. The maximum atomic E-state index is 9.81.